The summed E-state index contributed by atoms with van der Waals surface area (Å²) < 4.78 is 44.1. The highest BCUT2D eigenvalue weighted by Gasteiger charge is 2.18. The fourth-order valence-corrected chi connectivity index (χ4v) is 1.39. The van der Waals surface area contributed by atoms with E-state index in [0.29, 0.717) is 0 Å². The third-order valence-electron chi connectivity index (χ3n) is 2.05. The molecule has 0 bridgehead atoms. The number of benzene rings is 1. The van der Waals surface area contributed by atoms with E-state index in [1.54, 1.807) is 0 Å². The van der Waals surface area contributed by atoms with Gasteiger partial charge in [-0.2, -0.15) is 15.0 Å². The number of hydrogen-bond donors (Lipinski definition) is 0. The van der Waals surface area contributed by atoms with Gasteiger partial charge in [0.2, 0.25) is 5.28 Å². The van der Waals surface area contributed by atoms with E-state index in [1.807, 2.05) is 0 Å². The topological polar surface area (TPSA) is 47.9 Å². The molecule has 0 spiro atoms. The van der Waals surface area contributed by atoms with E-state index in [-0.39, 0.29) is 22.7 Å². The average molecular weight is 276 g/mol. The van der Waals surface area contributed by atoms with Crippen LogP contribution in [-0.4, -0.2) is 22.1 Å². The average Bonchev–Trinajstić information content (AvgIpc) is 2.35. The SMILES string of the molecule is COc1nc(Cl)nc(-c2ccc(F)c(F)c2F)n1. The molecule has 0 radical (unpaired) electrons. The van der Waals surface area contributed by atoms with Gasteiger partial charge in [-0.25, -0.2) is 13.2 Å². The second-order valence-corrected chi connectivity index (χ2v) is 3.48. The minimum absolute atomic E-state index is 0.158. The van der Waals surface area contributed by atoms with Crippen molar-refractivity contribution >= 4 is 11.6 Å². The van der Waals surface area contributed by atoms with Crippen molar-refractivity contribution in [1.29, 1.82) is 0 Å². The number of methoxy groups -OCH3 is 1. The Bertz CT molecular complexity index is 609. The first-order valence-corrected chi connectivity index (χ1v) is 5.00. The van der Waals surface area contributed by atoms with Crippen LogP contribution < -0.4 is 4.74 Å². The van der Waals surface area contributed by atoms with Gasteiger partial charge in [0, 0.05) is 0 Å². The minimum Gasteiger partial charge on any atom is -0.467 e. The quantitative estimate of drug-likeness (QED) is 0.791. The summed E-state index contributed by atoms with van der Waals surface area (Å²) in [7, 11) is 1.27. The fourth-order valence-electron chi connectivity index (χ4n) is 1.24. The van der Waals surface area contributed by atoms with Gasteiger partial charge in [-0.05, 0) is 23.7 Å². The molecule has 1 aromatic carbocycles. The van der Waals surface area contributed by atoms with Crippen molar-refractivity contribution in [3.05, 3.63) is 34.9 Å². The van der Waals surface area contributed by atoms with Crippen molar-refractivity contribution in [3.8, 4) is 17.4 Å². The first-order valence-electron chi connectivity index (χ1n) is 4.62. The number of hydrogen-bond acceptors (Lipinski definition) is 4. The van der Waals surface area contributed by atoms with E-state index < -0.39 is 17.5 Å². The van der Waals surface area contributed by atoms with Gasteiger partial charge in [-0.15, -0.1) is 0 Å². The Kier molecular flexibility index (Phi) is 3.33. The molecular weight excluding hydrogens is 271 g/mol. The molecule has 94 valence electrons. The summed E-state index contributed by atoms with van der Waals surface area (Å²) in [5.41, 5.74) is -0.337. The van der Waals surface area contributed by atoms with Crippen molar-refractivity contribution in [3.63, 3.8) is 0 Å². The summed E-state index contributed by atoms with van der Waals surface area (Å²) in [5.74, 6) is -4.56. The molecule has 0 aliphatic heterocycles. The third-order valence-corrected chi connectivity index (χ3v) is 2.22. The van der Waals surface area contributed by atoms with Crippen molar-refractivity contribution in [1.82, 2.24) is 15.0 Å². The van der Waals surface area contributed by atoms with Crippen LogP contribution in [0.1, 0.15) is 0 Å². The lowest BCUT2D eigenvalue weighted by Crippen LogP contribution is -2.01. The van der Waals surface area contributed by atoms with Crippen LogP contribution in [0, 0.1) is 17.5 Å². The molecule has 4 nitrogen and oxygen atoms in total. The Morgan fingerprint density at radius 2 is 1.78 bits per heavy atom. The molecular formula is C10H5ClF3N3O. The Labute approximate surface area is 104 Å². The van der Waals surface area contributed by atoms with Crippen LogP contribution >= 0.6 is 11.6 Å². The molecule has 0 atom stereocenters. The summed E-state index contributed by atoms with van der Waals surface area (Å²) in [5, 5.41) is -0.249. The predicted octanol–water partition coefficient (Wildman–Crippen LogP) is 2.62. The Morgan fingerprint density at radius 3 is 2.44 bits per heavy atom. The van der Waals surface area contributed by atoms with Gasteiger partial charge >= 0.3 is 6.01 Å². The summed E-state index contributed by atoms with van der Waals surface area (Å²) in [4.78, 5) is 10.9. The molecule has 0 N–H and O–H groups in total. The maximum Gasteiger partial charge on any atom is 0.321 e. The monoisotopic (exact) mass is 275 g/mol. The lowest BCUT2D eigenvalue weighted by Gasteiger charge is -2.05. The van der Waals surface area contributed by atoms with Gasteiger partial charge in [-0.3, -0.25) is 0 Å². The van der Waals surface area contributed by atoms with Gasteiger partial charge < -0.3 is 4.74 Å². The number of aromatic nitrogens is 3. The highest BCUT2D eigenvalue weighted by Crippen LogP contribution is 2.24. The molecule has 2 rings (SSSR count). The lowest BCUT2D eigenvalue weighted by atomic mass is 10.2. The van der Waals surface area contributed by atoms with Crippen LogP contribution in [0.3, 0.4) is 0 Å². The molecule has 0 aliphatic carbocycles. The van der Waals surface area contributed by atoms with Gasteiger partial charge in [0.1, 0.15) is 0 Å². The normalized spacial score (nSPS) is 10.5. The van der Waals surface area contributed by atoms with Crippen LogP contribution in [0.5, 0.6) is 6.01 Å². The maximum atomic E-state index is 13.5. The molecule has 8 heteroatoms. The van der Waals surface area contributed by atoms with E-state index >= 15 is 0 Å². The van der Waals surface area contributed by atoms with E-state index in [9.17, 15) is 13.2 Å². The number of ether oxygens (including phenoxy) is 1. The van der Waals surface area contributed by atoms with E-state index in [1.165, 1.54) is 7.11 Å². The first-order chi connectivity index (χ1) is 8.52. The molecule has 0 aliphatic rings. The molecule has 1 aromatic heterocycles. The van der Waals surface area contributed by atoms with Crippen molar-refractivity contribution in [2.24, 2.45) is 0 Å². The zero-order valence-corrected chi connectivity index (χ0v) is 9.67. The molecule has 0 amide bonds. The summed E-state index contributed by atoms with van der Waals surface area (Å²) in [6.07, 6.45) is 0. The number of rotatable bonds is 2. The van der Waals surface area contributed by atoms with Crippen LogP contribution in [0.2, 0.25) is 5.28 Å². The Balaban J connectivity index is 2.62. The second kappa shape index (κ2) is 4.77. The van der Waals surface area contributed by atoms with Crippen LogP contribution in [0.4, 0.5) is 13.2 Å². The zero-order valence-electron chi connectivity index (χ0n) is 8.92. The number of halogens is 4. The summed E-state index contributed by atoms with van der Waals surface area (Å²) >= 11 is 5.57. The molecule has 0 unspecified atom stereocenters. The summed E-state index contributed by atoms with van der Waals surface area (Å²) in [6.45, 7) is 0. The Hall–Kier alpha value is -1.89. The van der Waals surface area contributed by atoms with Gasteiger partial charge in [0.05, 0.1) is 12.7 Å². The maximum absolute atomic E-state index is 13.5. The predicted molar refractivity (Wildman–Crippen MR) is 56.7 cm³/mol. The second-order valence-electron chi connectivity index (χ2n) is 3.14. The van der Waals surface area contributed by atoms with Crippen molar-refractivity contribution in [2.45, 2.75) is 0 Å². The van der Waals surface area contributed by atoms with Crippen molar-refractivity contribution in [2.75, 3.05) is 7.11 Å². The highest BCUT2D eigenvalue weighted by atomic mass is 35.5. The lowest BCUT2D eigenvalue weighted by molar-refractivity contribution is 0.378. The minimum atomic E-state index is -1.61. The molecule has 18 heavy (non-hydrogen) atoms. The standard InChI is InChI=1S/C10H5ClF3N3O/c1-18-10-16-8(15-9(11)17-10)4-2-3-5(12)7(14)6(4)13/h2-3H,1H3. The van der Waals surface area contributed by atoms with Crippen molar-refractivity contribution < 1.29 is 17.9 Å². The van der Waals surface area contributed by atoms with Crippen LogP contribution in [0.15, 0.2) is 12.1 Å². The highest BCUT2D eigenvalue weighted by molar-refractivity contribution is 6.28. The van der Waals surface area contributed by atoms with Crippen LogP contribution in [-0.2, 0) is 0 Å². The van der Waals surface area contributed by atoms with Gasteiger partial charge in [-0.1, -0.05) is 0 Å². The Morgan fingerprint density at radius 1 is 1.06 bits per heavy atom. The largest absolute Gasteiger partial charge is 0.467 e. The number of nitrogens with zero attached hydrogens (tertiary/aromatic N) is 3. The first kappa shape index (κ1) is 12.6. The van der Waals surface area contributed by atoms with Crippen LogP contribution in [0.25, 0.3) is 11.4 Å². The smallest absolute Gasteiger partial charge is 0.321 e. The van der Waals surface area contributed by atoms with E-state index in [4.69, 9.17) is 16.3 Å². The molecule has 2 aromatic rings. The van der Waals surface area contributed by atoms with E-state index in [2.05, 4.69) is 15.0 Å². The third kappa shape index (κ3) is 2.21. The zero-order chi connectivity index (χ0) is 13.3. The van der Waals surface area contributed by atoms with Gasteiger partial charge in [0.25, 0.3) is 0 Å². The molecule has 0 saturated heterocycles. The molecule has 0 fully saturated rings. The molecule has 1 heterocycles. The molecule has 0 saturated carbocycles. The van der Waals surface area contributed by atoms with E-state index in [0.717, 1.165) is 12.1 Å². The summed E-state index contributed by atoms with van der Waals surface area (Å²) in [6, 6.07) is 1.60. The fraction of sp³-hybridized carbons (Fsp3) is 0.100. The van der Waals surface area contributed by atoms with Gasteiger partial charge in [0.15, 0.2) is 23.3 Å².